The third-order valence-electron chi connectivity index (χ3n) is 5.33. The van der Waals surface area contributed by atoms with Crippen molar-refractivity contribution in [2.24, 2.45) is 0 Å². The van der Waals surface area contributed by atoms with Crippen LogP contribution in [0.1, 0.15) is 27.8 Å². The van der Waals surface area contributed by atoms with Gasteiger partial charge >= 0.3 is 0 Å². The van der Waals surface area contributed by atoms with Crippen LogP contribution in [0, 0.1) is 6.92 Å². The first kappa shape index (κ1) is 22.0. The van der Waals surface area contributed by atoms with E-state index in [4.69, 9.17) is 25.5 Å². The molecule has 3 aromatic rings. The number of amides is 1. The zero-order chi connectivity index (χ0) is 23.0. The lowest BCUT2D eigenvalue weighted by molar-refractivity contribution is -0.140. The van der Waals surface area contributed by atoms with E-state index in [1.165, 1.54) is 48.9 Å². The summed E-state index contributed by atoms with van der Waals surface area (Å²) in [6, 6.07) is 7.52. The Kier molecular flexibility index (Phi) is 5.99. The topological polar surface area (TPSA) is 89.2 Å². The maximum absolute atomic E-state index is 13.1. The molecule has 0 saturated carbocycles. The SMILES string of the molecule is COc1cc(OC)c(/C(O)=C2\C(=O)C(=O)N(Cc3ccco3)C2c2sccc2C)cc1Cl. The molecular weight excluding hydrogens is 454 g/mol. The number of aryl methyl sites for hydroxylation is 1. The van der Waals surface area contributed by atoms with Crippen molar-refractivity contribution < 1.29 is 28.6 Å². The van der Waals surface area contributed by atoms with Gasteiger partial charge in [-0.2, -0.15) is 0 Å². The van der Waals surface area contributed by atoms with Crippen LogP contribution in [0.4, 0.5) is 0 Å². The molecule has 1 fully saturated rings. The number of carbonyl (C=O) groups is 2. The Labute approximate surface area is 193 Å². The molecule has 1 aromatic carbocycles. The lowest BCUT2D eigenvalue weighted by atomic mass is 9.97. The Balaban J connectivity index is 1.92. The van der Waals surface area contributed by atoms with Crippen molar-refractivity contribution in [2.75, 3.05) is 14.2 Å². The van der Waals surface area contributed by atoms with Crippen molar-refractivity contribution in [1.82, 2.24) is 4.90 Å². The summed E-state index contributed by atoms with van der Waals surface area (Å²) >= 11 is 7.68. The number of aliphatic hydroxyl groups excluding tert-OH is 1. The highest BCUT2D eigenvalue weighted by molar-refractivity contribution is 7.10. The highest BCUT2D eigenvalue weighted by atomic mass is 35.5. The van der Waals surface area contributed by atoms with Gasteiger partial charge in [0.15, 0.2) is 0 Å². The summed E-state index contributed by atoms with van der Waals surface area (Å²) in [7, 11) is 2.88. The number of thiophene rings is 1. The zero-order valence-corrected chi connectivity index (χ0v) is 19.1. The van der Waals surface area contributed by atoms with Crippen LogP contribution in [0.25, 0.3) is 5.76 Å². The number of likely N-dealkylation sites (tertiary alicyclic amines) is 1. The van der Waals surface area contributed by atoms with Gasteiger partial charge in [0.05, 0.1) is 43.2 Å². The predicted octanol–water partition coefficient (Wildman–Crippen LogP) is 4.94. The number of methoxy groups -OCH3 is 2. The average Bonchev–Trinajstić information content (AvgIpc) is 3.50. The van der Waals surface area contributed by atoms with E-state index < -0.39 is 17.7 Å². The number of benzene rings is 1. The highest BCUT2D eigenvalue weighted by Crippen LogP contribution is 2.45. The third-order valence-corrected chi connectivity index (χ3v) is 6.69. The zero-order valence-electron chi connectivity index (χ0n) is 17.5. The molecule has 0 radical (unpaired) electrons. The average molecular weight is 474 g/mol. The van der Waals surface area contributed by atoms with E-state index in [2.05, 4.69) is 0 Å². The van der Waals surface area contributed by atoms with Gasteiger partial charge in [-0.3, -0.25) is 9.59 Å². The van der Waals surface area contributed by atoms with Crippen LogP contribution in [-0.2, 0) is 16.1 Å². The molecule has 32 heavy (non-hydrogen) atoms. The van der Waals surface area contributed by atoms with Gasteiger partial charge in [0.25, 0.3) is 11.7 Å². The Morgan fingerprint density at radius 3 is 2.56 bits per heavy atom. The Morgan fingerprint density at radius 1 is 1.22 bits per heavy atom. The van der Waals surface area contributed by atoms with Gasteiger partial charge in [-0.1, -0.05) is 11.6 Å². The second kappa shape index (κ2) is 8.72. The molecule has 0 spiro atoms. The smallest absolute Gasteiger partial charge is 0.296 e. The number of hydrogen-bond acceptors (Lipinski definition) is 7. The largest absolute Gasteiger partial charge is 0.507 e. The van der Waals surface area contributed by atoms with Gasteiger partial charge in [-0.15, -0.1) is 11.3 Å². The van der Waals surface area contributed by atoms with Gasteiger partial charge in [0, 0.05) is 10.9 Å². The summed E-state index contributed by atoms with van der Waals surface area (Å²) in [4.78, 5) is 28.4. The molecule has 7 nitrogen and oxygen atoms in total. The van der Waals surface area contributed by atoms with Crippen molar-refractivity contribution >= 4 is 40.4 Å². The summed E-state index contributed by atoms with van der Waals surface area (Å²) < 4.78 is 16.0. The maximum Gasteiger partial charge on any atom is 0.296 e. The van der Waals surface area contributed by atoms with E-state index in [9.17, 15) is 14.7 Å². The summed E-state index contributed by atoms with van der Waals surface area (Å²) in [5.41, 5.74) is 1.05. The van der Waals surface area contributed by atoms with E-state index in [0.717, 1.165) is 10.4 Å². The Hall–Kier alpha value is -3.23. The second-order valence-corrected chi connectivity index (χ2v) is 8.52. The number of nitrogens with zero attached hydrogens (tertiary/aromatic N) is 1. The molecule has 1 aliphatic heterocycles. The van der Waals surface area contributed by atoms with E-state index in [1.807, 2.05) is 18.4 Å². The number of halogens is 1. The van der Waals surface area contributed by atoms with Crippen LogP contribution in [0.5, 0.6) is 11.5 Å². The first-order valence-corrected chi connectivity index (χ1v) is 10.9. The standard InChI is InChI=1S/C23H20ClNO6S/c1-12-6-8-32-22(12)19-18(21(27)23(28)25(19)11-13-5-4-7-31-13)20(26)14-9-15(24)17(30-3)10-16(14)29-2/h4-10,19,26H,11H2,1-3H3/b20-18+. The van der Waals surface area contributed by atoms with Gasteiger partial charge in [-0.05, 0) is 42.1 Å². The number of carbonyl (C=O) groups excluding carboxylic acids is 2. The lowest BCUT2D eigenvalue weighted by Crippen LogP contribution is -2.28. The molecule has 9 heteroatoms. The molecule has 3 heterocycles. The first-order chi connectivity index (χ1) is 15.4. The Morgan fingerprint density at radius 2 is 1.97 bits per heavy atom. The van der Waals surface area contributed by atoms with Crippen LogP contribution in [0.15, 0.2) is 52.0 Å². The molecule has 1 saturated heterocycles. The maximum atomic E-state index is 13.1. The predicted molar refractivity (Wildman–Crippen MR) is 120 cm³/mol. The van der Waals surface area contributed by atoms with Gasteiger partial charge in [0.1, 0.15) is 29.1 Å². The molecule has 166 valence electrons. The van der Waals surface area contributed by atoms with Crippen molar-refractivity contribution in [3.05, 3.63) is 74.3 Å². The number of furan rings is 1. The first-order valence-electron chi connectivity index (χ1n) is 9.64. The minimum Gasteiger partial charge on any atom is -0.507 e. The molecule has 1 amide bonds. The highest BCUT2D eigenvalue weighted by Gasteiger charge is 2.47. The van der Waals surface area contributed by atoms with E-state index in [-0.39, 0.29) is 34.2 Å². The normalized spacial score (nSPS) is 17.8. The van der Waals surface area contributed by atoms with Gasteiger partial charge < -0.3 is 23.9 Å². The van der Waals surface area contributed by atoms with Gasteiger partial charge in [0.2, 0.25) is 0 Å². The fourth-order valence-electron chi connectivity index (χ4n) is 3.74. The number of rotatable bonds is 6. The molecule has 0 bridgehead atoms. The van der Waals surface area contributed by atoms with E-state index in [0.29, 0.717) is 11.5 Å². The molecule has 4 rings (SSSR count). The van der Waals surface area contributed by atoms with Crippen LogP contribution < -0.4 is 9.47 Å². The summed E-state index contributed by atoms with van der Waals surface area (Å²) in [6.07, 6.45) is 1.50. The summed E-state index contributed by atoms with van der Waals surface area (Å²) in [5.74, 6) is -0.757. The number of ether oxygens (including phenoxy) is 2. The fraction of sp³-hybridized carbons (Fsp3) is 0.217. The van der Waals surface area contributed by atoms with Gasteiger partial charge in [-0.25, -0.2) is 0 Å². The van der Waals surface area contributed by atoms with Crippen LogP contribution in [-0.4, -0.2) is 35.9 Å². The van der Waals surface area contributed by atoms with E-state index in [1.54, 1.807) is 12.1 Å². The number of hydrogen-bond donors (Lipinski definition) is 1. The summed E-state index contributed by atoms with van der Waals surface area (Å²) in [6.45, 7) is 1.97. The van der Waals surface area contributed by atoms with Crippen molar-refractivity contribution in [1.29, 1.82) is 0 Å². The van der Waals surface area contributed by atoms with Crippen molar-refractivity contribution in [3.63, 3.8) is 0 Å². The minimum absolute atomic E-state index is 0.0355. The lowest BCUT2D eigenvalue weighted by Gasteiger charge is -2.24. The molecule has 1 unspecified atom stereocenters. The monoisotopic (exact) mass is 473 g/mol. The Bertz CT molecular complexity index is 1210. The molecule has 1 atom stereocenters. The van der Waals surface area contributed by atoms with Crippen LogP contribution in [0.3, 0.4) is 0 Å². The number of aliphatic hydroxyl groups is 1. The van der Waals surface area contributed by atoms with Crippen LogP contribution in [0.2, 0.25) is 5.02 Å². The molecular formula is C23H20ClNO6S. The summed E-state index contributed by atoms with van der Waals surface area (Å²) in [5, 5.41) is 13.4. The molecule has 0 aliphatic carbocycles. The van der Waals surface area contributed by atoms with E-state index >= 15 is 0 Å². The molecule has 1 N–H and O–H groups in total. The fourth-order valence-corrected chi connectivity index (χ4v) is 5.03. The minimum atomic E-state index is -0.791. The number of Topliss-reactive ketones (excluding diaryl/α,β-unsaturated/α-hetero) is 1. The quantitative estimate of drug-likeness (QED) is 0.310. The molecule has 2 aromatic heterocycles. The third kappa shape index (κ3) is 3.65. The molecule has 1 aliphatic rings. The number of ketones is 1. The van der Waals surface area contributed by atoms with Crippen LogP contribution >= 0.6 is 22.9 Å². The second-order valence-electron chi connectivity index (χ2n) is 7.16. The van der Waals surface area contributed by atoms with Crippen molar-refractivity contribution in [2.45, 2.75) is 19.5 Å². The van der Waals surface area contributed by atoms with Crippen molar-refractivity contribution in [3.8, 4) is 11.5 Å².